The molecule has 0 aliphatic rings. The number of aromatic hydroxyl groups is 1. The van der Waals surface area contributed by atoms with Crippen molar-refractivity contribution >= 4 is 16.1 Å². The lowest BCUT2D eigenvalue weighted by atomic mass is 9.96. The number of aldehydes is 1. The summed E-state index contributed by atoms with van der Waals surface area (Å²) in [5, 5.41) is 9.31. The van der Waals surface area contributed by atoms with Crippen molar-refractivity contribution in [2.45, 2.75) is 23.9 Å². The maximum absolute atomic E-state index is 13.1. The third kappa shape index (κ3) is 3.09. The van der Waals surface area contributed by atoms with Crippen LogP contribution in [0.15, 0.2) is 58.8 Å². The normalized spacial score (nSPS) is 11.3. The molecule has 0 fully saturated rings. The standard InChI is InChI=1S/C19H16N2O4S/c1-12-8-17(16-5-4-15(23)10-14(16)11-22)18(9-13(12)2)26(24,25)19-20-6-3-7-21-19/h3-11,23H,1-2H3. The number of phenolic OH excluding ortho intramolecular Hbond substituents is 1. The van der Waals surface area contributed by atoms with E-state index in [-0.39, 0.29) is 21.4 Å². The van der Waals surface area contributed by atoms with Crippen molar-refractivity contribution in [3.8, 4) is 16.9 Å². The number of hydrogen-bond donors (Lipinski definition) is 1. The highest BCUT2D eigenvalue weighted by Gasteiger charge is 2.26. The Hall–Kier alpha value is -3.06. The van der Waals surface area contributed by atoms with Gasteiger partial charge in [-0.25, -0.2) is 18.4 Å². The maximum atomic E-state index is 13.1. The molecule has 6 nitrogen and oxygen atoms in total. The summed E-state index contributed by atoms with van der Waals surface area (Å²) in [5.41, 5.74) is 2.63. The van der Waals surface area contributed by atoms with E-state index in [1.807, 2.05) is 6.92 Å². The van der Waals surface area contributed by atoms with Gasteiger partial charge in [0, 0.05) is 23.5 Å². The molecule has 1 heterocycles. The summed E-state index contributed by atoms with van der Waals surface area (Å²) in [6.07, 6.45) is 3.30. The van der Waals surface area contributed by atoms with Gasteiger partial charge in [0.1, 0.15) is 5.75 Å². The topological polar surface area (TPSA) is 97.2 Å². The number of carbonyl (C=O) groups excluding carboxylic acids is 1. The molecule has 1 aromatic heterocycles. The van der Waals surface area contributed by atoms with Gasteiger partial charge in [0.2, 0.25) is 9.84 Å². The van der Waals surface area contributed by atoms with E-state index in [1.54, 1.807) is 19.1 Å². The van der Waals surface area contributed by atoms with Crippen LogP contribution in [0.1, 0.15) is 21.5 Å². The zero-order chi connectivity index (χ0) is 18.9. The molecular weight excluding hydrogens is 352 g/mol. The minimum atomic E-state index is -3.99. The summed E-state index contributed by atoms with van der Waals surface area (Å²) in [6.45, 7) is 3.66. The molecule has 0 saturated heterocycles. The van der Waals surface area contributed by atoms with Crippen LogP contribution in [-0.2, 0) is 9.84 Å². The van der Waals surface area contributed by atoms with Gasteiger partial charge in [-0.1, -0.05) is 0 Å². The summed E-state index contributed by atoms with van der Waals surface area (Å²) in [7, 11) is -3.99. The van der Waals surface area contributed by atoms with Crippen molar-refractivity contribution in [2.24, 2.45) is 0 Å². The second-order valence-electron chi connectivity index (χ2n) is 5.86. The molecule has 0 saturated carbocycles. The number of rotatable bonds is 4. The smallest absolute Gasteiger partial charge is 0.251 e. The fraction of sp³-hybridized carbons (Fsp3) is 0.105. The van der Waals surface area contributed by atoms with Crippen LogP contribution in [0.2, 0.25) is 0 Å². The Morgan fingerprint density at radius 1 is 0.962 bits per heavy atom. The second kappa shape index (κ2) is 6.68. The third-order valence-electron chi connectivity index (χ3n) is 4.12. The van der Waals surface area contributed by atoms with Gasteiger partial charge in [-0.15, -0.1) is 0 Å². The van der Waals surface area contributed by atoms with E-state index in [1.165, 1.54) is 36.7 Å². The third-order valence-corrected chi connectivity index (χ3v) is 5.73. The second-order valence-corrected chi connectivity index (χ2v) is 7.67. The van der Waals surface area contributed by atoms with E-state index in [9.17, 15) is 18.3 Å². The fourth-order valence-corrected chi connectivity index (χ4v) is 4.02. The summed E-state index contributed by atoms with van der Waals surface area (Å²) in [5.74, 6) is -0.0736. The Balaban J connectivity index is 2.35. The summed E-state index contributed by atoms with van der Waals surface area (Å²) in [6, 6.07) is 9.03. The van der Waals surface area contributed by atoms with Gasteiger partial charge in [-0.05, 0) is 66.9 Å². The summed E-state index contributed by atoms with van der Waals surface area (Å²) >= 11 is 0. The first-order valence-electron chi connectivity index (χ1n) is 7.76. The van der Waals surface area contributed by atoms with Gasteiger partial charge >= 0.3 is 0 Å². The van der Waals surface area contributed by atoms with Gasteiger partial charge in [0.25, 0.3) is 5.16 Å². The van der Waals surface area contributed by atoms with Crippen LogP contribution < -0.4 is 0 Å². The Morgan fingerprint density at radius 3 is 2.27 bits per heavy atom. The first-order valence-corrected chi connectivity index (χ1v) is 9.25. The summed E-state index contributed by atoms with van der Waals surface area (Å²) < 4.78 is 26.2. The van der Waals surface area contributed by atoms with Crippen LogP contribution in [0.25, 0.3) is 11.1 Å². The molecule has 0 spiro atoms. The van der Waals surface area contributed by atoms with Crippen molar-refractivity contribution in [1.82, 2.24) is 9.97 Å². The quantitative estimate of drug-likeness (QED) is 0.561. The number of nitrogens with zero attached hydrogens (tertiary/aromatic N) is 2. The first-order chi connectivity index (χ1) is 12.3. The molecule has 0 bridgehead atoms. The van der Waals surface area contributed by atoms with Crippen LogP contribution >= 0.6 is 0 Å². The van der Waals surface area contributed by atoms with Gasteiger partial charge in [-0.2, -0.15) is 0 Å². The largest absolute Gasteiger partial charge is 0.508 e. The zero-order valence-corrected chi connectivity index (χ0v) is 15.0. The van der Waals surface area contributed by atoms with E-state index in [0.29, 0.717) is 17.4 Å². The molecule has 2 aromatic carbocycles. The maximum Gasteiger partial charge on any atom is 0.251 e. The van der Waals surface area contributed by atoms with Crippen molar-refractivity contribution < 1.29 is 18.3 Å². The van der Waals surface area contributed by atoms with Crippen molar-refractivity contribution in [2.75, 3.05) is 0 Å². The highest BCUT2D eigenvalue weighted by molar-refractivity contribution is 7.91. The lowest BCUT2D eigenvalue weighted by molar-refractivity contribution is 0.112. The van der Waals surface area contributed by atoms with E-state index in [2.05, 4.69) is 9.97 Å². The molecule has 0 unspecified atom stereocenters. The predicted octanol–water partition coefficient (Wildman–Crippen LogP) is 3.11. The van der Waals surface area contributed by atoms with Crippen LogP contribution in [-0.4, -0.2) is 29.8 Å². The number of hydrogen-bond acceptors (Lipinski definition) is 6. The zero-order valence-electron chi connectivity index (χ0n) is 14.2. The minimum absolute atomic E-state index is 0.0144. The van der Waals surface area contributed by atoms with E-state index >= 15 is 0 Å². The molecule has 0 atom stereocenters. The average molecular weight is 368 g/mol. The molecule has 26 heavy (non-hydrogen) atoms. The van der Waals surface area contributed by atoms with Crippen molar-refractivity contribution in [1.29, 1.82) is 0 Å². The average Bonchev–Trinajstić information content (AvgIpc) is 2.64. The SMILES string of the molecule is Cc1cc(-c2ccc(O)cc2C=O)c(S(=O)(=O)c2ncccn2)cc1C. The Labute approximate surface area is 151 Å². The molecule has 0 aliphatic carbocycles. The Bertz CT molecular complexity index is 1090. The molecule has 0 amide bonds. The number of carbonyl (C=O) groups is 1. The molecule has 3 rings (SSSR count). The number of aryl methyl sites for hydroxylation is 2. The number of aromatic nitrogens is 2. The van der Waals surface area contributed by atoms with Crippen molar-refractivity contribution in [3.05, 3.63) is 65.5 Å². The van der Waals surface area contributed by atoms with E-state index in [4.69, 9.17) is 0 Å². The monoisotopic (exact) mass is 368 g/mol. The highest BCUT2D eigenvalue weighted by atomic mass is 32.2. The van der Waals surface area contributed by atoms with E-state index < -0.39 is 9.84 Å². The number of phenols is 1. The Kier molecular flexibility index (Phi) is 4.56. The van der Waals surface area contributed by atoms with Crippen molar-refractivity contribution in [3.63, 3.8) is 0 Å². The summed E-state index contributed by atoms with van der Waals surface area (Å²) in [4.78, 5) is 19.2. The van der Waals surface area contributed by atoms with Gasteiger partial charge < -0.3 is 5.11 Å². The number of benzene rings is 2. The molecule has 0 radical (unpaired) electrons. The van der Waals surface area contributed by atoms with Crippen LogP contribution in [0, 0.1) is 13.8 Å². The van der Waals surface area contributed by atoms with Crippen LogP contribution in [0.5, 0.6) is 5.75 Å². The molecule has 0 aliphatic heterocycles. The van der Waals surface area contributed by atoms with Crippen LogP contribution in [0.3, 0.4) is 0 Å². The van der Waals surface area contributed by atoms with Gasteiger partial charge in [0.15, 0.2) is 6.29 Å². The lowest BCUT2D eigenvalue weighted by Crippen LogP contribution is -2.09. The molecule has 3 aromatic rings. The molecular formula is C19H16N2O4S. The van der Waals surface area contributed by atoms with E-state index in [0.717, 1.165) is 11.1 Å². The minimum Gasteiger partial charge on any atom is -0.508 e. The Morgan fingerprint density at radius 2 is 1.62 bits per heavy atom. The molecule has 1 N–H and O–H groups in total. The molecule has 132 valence electrons. The van der Waals surface area contributed by atoms with Crippen LogP contribution in [0.4, 0.5) is 0 Å². The van der Waals surface area contributed by atoms with Gasteiger partial charge in [-0.3, -0.25) is 4.79 Å². The first kappa shape index (κ1) is 17.8. The lowest BCUT2D eigenvalue weighted by Gasteiger charge is -2.14. The molecule has 7 heteroatoms. The van der Waals surface area contributed by atoms with Gasteiger partial charge in [0.05, 0.1) is 4.90 Å². The fourth-order valence-electron chi connectivity index (χ4n) is 2.64. The predicted molar refractivity (Wildman–Crippen MR) is 95.9 cm³/mol. The highest BCUT2D eigenvalue weighted by Crippen LogP contribution is 2.35. The number of sulfone groups is 1.